The van der Waals surface area contributed by atoms with Crippen LogP contribution in [0.25, 0.3) is 0 Å². The summed E-state index contributed by atoms with van der Waals surface area (Å²) in [5, 5.41) is 0. The van der Waals surface area contributed by atoms with Crippen LogP contribution in [0.1, 0.15) is 20.3 Å². The topological polar surface area (TPSA) is 80.4 Å². The van der Waals surface area contributed by atoms with Gasteiger partial charge in [-0.25, -0.2) is 0 Å². The second-order valence-electron chi connectivity index (χ2n) is 5.02. The van der Waals surface area contributed by atoms with Crippen LogP contribution in [0.5, 0.6) is 6.01 Å². The molecule has 0 bridgehead atoms. The van der Waals surface area contributed by atoms with Gasteiger partial charge in [0, 0.05) is 13.6 Å². The molecule has 0 aliphatic rings. The Hall–Kier alpha value is -1.63. The summed E-state index contributed by atoms with van der Waals surface area (Å²) in [6.45, 7) is 5.70. The summed E-state index contributed by atoms with van der Waals surface area (Å²) < 4.78 is 5.45. The quantitative estimate of drug-likeness (QED) is 0.776. The molecule has 1 aromatic heterocycles. The van der Waals surface area contributed by atoms with Gasteiger partial charge in [0.15, 0.2) is 0 Å². The molecule has 1 aromatic rings. The van der Waals surface area contributed by atoms with E-state index in [1.54, 1.807) is 0 Å². The summed E-state index contributed by atoms with van der Waals surface area (Å²) in [6, 6.07) is 0.275. The fourth-order valence-electron chi connectivity index (χ4n) is 1.52. The molecule has 0 spiro atoms. The summed E-state index contributed by atoms with van der Waals surface area (Å²) in [6.07, 6.45) is 1.03. The molecule has 7 nitrogen and oxygen atoms in total. The second-order valence-corrected chi connectivity index (χ2v) is 5.02. The number of hydrogen-bond acceptors (Lipinski definition) is 7. The first-order valence-corrected chi connectivity index (χ1v) is 6.42. The molecule has 0 unspecified atom stereocenters. The van der Waals surface area contributed by atoms with E-state index >= 15 is 0 Å². The Morgan fingerprint density at radius 2 is 1.79 bits per heavy atom. The van der Waals surface area contributed by atoms with Gasteiger partial charge >= 0.3 is 6.01 Å². The van der Waals surface area contributed by atoms with Gasteiger partial charge < -0.3 is 20.3 Å². The van der Waals surface area contributed by atoms with Gasteiger partial charge in [0.2, 0.25) is 11.9 Å². The summed E-state index contributed by atoms with van der Waals surface area (Å²) in [4.78, 5) is 16.4. The first-order chi connectivity index (χ1) is 8.88. The van der Waals surface area contributed by atoms with Gasteiger partial charge in [-0.2, -0.15) is 15.0 Å². The van der Waals surface area contributed by atoms with Gasteiger partial charge in [0.25, 0.3) is 0 Å². The molecule has 7 heteroatoms. The van der Waals surface area contributed by atoms with Gasteiger partial charge in [-0.1, -0.05) is 0 Å². The van der Waals surface area contributed by atoms with Crippen molar-refractivity contribution >= 4 is 11.9 Å². The summed E-state index contributed by atoms with van der Waals surface area (Å²) in [5.74, 6) is 0.724. The van der Waals surface area contributed by atoms with E-state index in [1.165, 1.54) is 0 Å². The van der Waals surface area contributed by atoms with Crippen molar-refractivity contribution in [1.29, 1.82) is 0 Å². The lowest BCUT2D eigenvalue weighted by atomic mass is 10.4. The number of anilines is 2. The Bertz CT molecular complexity index is 396. The Kier molecular flexibility index (Phi) is 5.75. The molecule has 0 saturated heterocycles. The number of rotatable bonds is 7. The fourth-order valence-corrected chi connectivity index (χ4v) is 1.52. The fraction of sp³-hybridized carbons (Fsp3) is 0.750. The van der Waals surface area contributed by atoms with Crippen LogP contribution < -0.4 is 15.4 Å². The number of nitrogens with zero attached hydrogens (tertiary/aromatic N) is 5. The molecule has 0 aromatic carbocycles. The minimum absolute atomic E-state index is 0.00805. The molecule has 1 heterocycles. The first kappa shape index (κ1) is 15.4. The molecule has 0 atom stereocenters. The number of nitrogens with two attached hydrogens (primary N) is 1. The predicted octanol–water partition coefficient (Wildman–Crippen LogP) is 0.629. The van der Waals surface area contributed by atoms with Crippen molar-refractivity contribution < 1.29 is 4.74 Å². The van der Waals surface area contributed by atoms with E-state index in [9.17, 15) is 0 Å². The van der Waals surface area contributed by atoms with Crippen LogP contribution >= 0.6 is 0 Å². The molecule has 0 amide bonds. The number of aromatic nitrogens is 3. The Balaban J connectivity index is 2.67. The largest absolute Gasteiger partial charge is 0.461 e. The Morgan fingerprint density at radius 3 is 2.37 bits per heavy atom. The summed E-state index contributed by atoms with van der Waals surface area (Å²) in [7, 11) is 6.04. The minimum atomic E-state index is 0.00805. The lowest BCUT2D eigenvalue weighted by Gasteiger charge is -2.19. The molecular formula is C12H24N6O. The van der Waals surface area contributed by atoms with Crippen molar-refractivity contribution in [3.63, 3.8) is 0 Å². The SMILES string of the molecule is CC(C)Oc1nc(N)nc(N(C)CCCN(C)C)n1. The van der Waals surface area contributed by atoms with Gasteiger partial charge in [-0.15, -0.1) is 0 Å². The highest BCUT2D eigenvalue weighted by Crippen LogP contribution is 2.13. The monoisotopic (exact) mass is 268 g/mol. The van der Waals surface area contributed by atoms with Crippen molar-refractivity contribution in [3.05, 3.63) is 0 Å². The van der Waals surface area contributed by atoms with E-state index in [1.807, 2.05) is 25.8 Å². The van der Waals surface area contributed by atoms with Crippen LogP contribution in [-0.4, -0.2) is 60.2 Å². The molecule has 2 N–H and O–H groups in total. The van der Waals surface area contributed by atoms with Crippen LogP contribution in [0.15, 0.2) is 0 Å². The van der Waals surface area contributed by atoms with Crippen molar-refractivity contribution in [2.24, 2.45) is 0 Å². The highest BCUT2D eigenvalue weighted by molar-refractivity contribution is 5.34. The summed E-state index contributed by atoms with van der Waals surface area (Å²) in [5.41, 5.74) is 5.67. The first-order valence-electron chi connectivity index (χ1n) is 6.42. The number of nitrogen functional groups attached to an aromatic ring is 1. The third-order valence-electron chi connectivity index (χ3n) is 2.40. The van der Waals surface area contributed by atoms with E-state index in [0.717, 1.165) is 19.5 Å². The van der Waals surface area contributed by atoms with Crippen molar-refractivity contribution in [1.82, 2.24) is 19.9 Å². The lowest BCUT2D eigenvalue weighted by Crippen LogP contribution is -2.25. The third-order valence-corrected chi connectivity index (χ3v) is 2.40. The maximum absolute atomic E-state index is 5.67. The zero-order valence-corrected chi connectivity index (χ0v) is 12.4. The molecule has 0 fully saturated rings. The molecule has 108 valence electrons. The molecule has 0 aliphatic heterocycles. The number of ether oxygens (including phenoxy) is 1. The molecule has 0 radical (unpaired) electrons. The highest BCUT2D eigenvalue weighted by atomic mass is 16.5. The van der Waals surface area contributed by atoms with E-state index in [-0.39, 0.29) is 18.1 Å². The number of hydrogen-bond donors (Lipinski definition) is 1. The zero-order chi connectivity index (χ0) is 14.4. The van der Waals surface area contributed by atoms with Gasteiger partial charge in [0.05, 0.1) is 6.10 Å². The second kappa shape index (κ2) is 7.08. The molecule has 0 saturated carbocycles. The lowest BCUT2D eigenvalue weighted by molar-refractivity contribution is 0.222. The third kappa shape index (κ3) is 5.69. The Morgan fingerprint density at radius 1 is 1.11 bits per heavy atom. The van der Waals surface area contributed by atoms with Crippen LogP contribution in [0.2, 0.25) is 0 Å². The standard InChI is InChI=1S/C12H24N6O/c1-9(2)19-12-15-10(13)14-11(16-12)18(5)8-6-7-17(3)4/h9H,6-8H2,1-5H3,(H2,13,14,15,16). The van der Waals surface area contributed by atoms with Crippen LogP contribution in [-0.2, 0) is 0 Å². The van der Waals surface area contributed by atoms with Crippen LogP contribution in [0.3, 0.4) is 0 Å². The molecule has 1 rings (SSSR count). The van der Waals surface area contributed by atoms with Gasteiger partial charge in [-0.05, 0) is 40.9 Å². The molecule has 0 aliphatic carbocycles. The van der Waals surface area contributed by atoms with Gasteiger partial charge in [-0.3, -0.25) is 0 Å². The van der Waals surface area contributed by atoms with E-state index in [0.29, 0.717) is 5.95 Å². The normalized spacial score (nSPS) is 11.1. The van der Waals surface area contributed by atoms with E-state index < -0.39 is 0 Å². The van der Waals surface area contributed by atoms with Crippen molar-refractivity contribution in [2.75, 3.05) is 44.9 Å². The maximum atomic E-state index is 5.67. The molecular weight excluding hydrogens is 244 g/mol. The van der Waals surface area contributed by atoms with Crippen LogP contribution in [0, 0.1) is 0 Å². The predicted molar refractivity (Wildman–Crippen MR) is 76.4 cm³/mol. The average Bonchev–Trinajstić information content (AvgIpc) is 2.26. The van der Waals surface area contributed by atoms with E-state index in [4.69, 9.17) is 10.5 Å². The molecule has 19 heavy (non-hydrogen) atoms. The average molecular weight is 268 g/mol. The zero-order valence-electron chi connectivity index (χ0n) is 12.4. The van der Waals surface area contributed by atoms with Crippen LogP contribution in [0.4, 0.5) is 11.9 Å². The Labute approximate surface area is 114 Å². The van der Waals surface area contributed by atoms with Crippen molar-refractivity contribution in [2.45, 2.75) is 26.4 Å². The smallest absolute Gasteiger partial charge is 0.323 e. The minimum Gasteiger partial charge on any atom is -0.461 e. The summed E-state index contributed by atoms with van der Waals surface area (Å²) >= 11 is 0. The maximum Gasteiger partial charge on any atom is 0.323 e. The highest BCUT2D eigenvalue weighted by Gasteiger charge is 2.10. The van der Waals surface area contributed by atoms with Gasteiger partial charge in [0.1, 0.15) is 0 Å². The van der Waals surface area contributed by atoms with Crippen molar-refractivity contribution in [3.8, 4) is 6.01 Å². The van der Waals surface area contributed by atoms with E-state index in [2.05, 4.69) is 33.9 Å².